The smallest absolute Gasteiger partial charge is 0.335 e. The van der Waals surface area contributed by atoms with Crippen molar-refractivity contribution in [3.63, 3.8) is 0 Å². The van der Waals surface area contributed by atoms with E-state index in [0.29, 0.717) is 16.7 Å². The van der Waals surface area contributed by atoms with E-state index in [-0.39, 0.29) is 17.9 Å². The fourth-order valence-corrected chi connectivity index (χ4v) is 2.26. The number of nitrogens with zero attached hydrogens (tertiary/aromatic N) is 2. The Bertz CT molecular complexity index is 922. The molecule has 3 aromatic rings. The van der Waals surface area contributed by atoms with Crippen LogP contribution in [0.5, 0.6) is 5.75 Å². The lowest BCUT2D eigenvalue weighted by Gasteiger charge is -2.09. The molecule has 0 amide bonds. The van der Waals surface area contributed by atoms with Gasteiger partial charge in [0.2, 0.25) is 0 Å². The van der Waals surface area contributed by atoms with Crippen LogP contribution < -0.4 is 4.74 Å². The molecule has 1 aromatic heterocycles. The summed E-state index contributed by atoms with van der Waals surface area (Å²) >= 11 is 0. The number of ether oxygens (including phenoxy) is 1. The van der Waals surface area contributed by atoms with Crippen LogP contribution in [0.2, 0.25) is 0 Å². The minimum Gasteiger partial charge on any atom is -0.486 e. The summed E-state index contributed by atoms with van der Waals surface area (Å²) in [5, 5.41) is 20.5. The molecular weight excluding hydrogens is 312 g/mol. The van der Waals surface area contributed by atoms with Crippen LogP contribution in [-0.2, 0) is 6.61 Å². The van der Waals surface area contributed by atoms with E-state index in [4.69, 9.17) is 9.84 Å². The second-order valence-electron chi connectivity index (χ2n) is 5.07. The second-order valence-corrected chi connectivity index (χ2v) is 5.07. The van der Waals surface area contributed by atoms with Gasteiger partial charge in [-0.25, -0.2) is 4.79 Å². The molecule has 0 bridgehead atoms. The number of non-ortho nitro benzene ring substituents is 1. The predicted octanol–water partition coefficient (Wildman–Crippen LogP) is 3.42. The van der Waals surface area contributed by atoms with E-state index in [1.54, 1.807) is 30.5 Å². The van der Waals surface area contributed by atoms with E-state index in [1.807, 2.05) is 0 Å². The molecule has 1 heterocycles. The number of carboxylic acids is 1. The first-order valence-corrected chi connectivity index (χ1v) is 7.03. The maximum absolute atomic E-state index is 11.0. The Labute approximate surface area is 136 Å². The number of carboxylic acid groups (broad SMARTS) is 1. The van der Waals surface area contributed by atoms with Gasteiger partial charge in [0.05, 0.1) is 16.6 Å². The zero-order valence-electron chi connectivity index (χ0n) is 12.4. The Hall–Kier alpha value is -3.48. The molecule has 0 spiro atoms. The molecule has 0 saturated carbocycles. The molecule has 7 heteroatoms. The topological polar surface area (TPSA) is 103 Å². The number of hydrogen-bond donors (Lipinski definition) is 1. The Morgan fingerprint density at radius 2 is 1.96 bits per heavy atom. The summed E-state index contributed by atoms with van der Waals surface area (Å²) in [6.07, 6.45) is 1.59. The van der Waals surface area contributed by atoms with Crippen molar-refractivity contribution in [2.75, 3.05) is 0 Å². The molecule has 2 aromatic carbocycles. The van der Waals surface area contributed by atoms with Crippen molar-refractivity contribution in [2.24, 2.45) is 0 Å². The maximum Gasteiger partial charge on any atom is 0.335 e. The molecule has 0 radical (unpaired) electrons. The zero-order chi connectivity index (χ0) is 17.1. The standard InChI is InChI=1S/C17H12N2O5/c20-17(21)12-5-3-11(4-6-12)10-24-15-9-14(19(22)23)8-13-2-1-7-18-16(13)15/h1-9H,10H2,(H,20,21). The van der Waals surface area contributed by atoms with Gasteiger partial charge in [-0.15, -0.1) is 0 Å². The predicted molar refractivity (Wildman–Crippen MR) is 86.1 cm³/mol. The molecule has 0 aliphatic rings. The van der Waals surface area contributed by atoms with Crippen molar-refractivity contribution >= 4 is 22.6 Å². The largest absolute Gasteiger partial charge is 0.486 e. The van der Waals surface area contributed by atoms with E-state index < -0.39 is 10.9 Å². The lowest BCUT2D eigenvalue weighted by molar-refractivity contribution is -0.384. The van der Waals surface area contributed by atoms with Crippen LogP contribution in [0.3, 0.4) is 0 Å². The number of aromatic nitrogens is 1. The number of aromatic carboxylic acids is 1. The first-order valence-electron chi connectivity index (χ1n) is 7.03. The minimum absolute atomic E-state index is 0.0771. The quantitative estimate of drug-likeness (QED) is 0.570. The van der Waals surface area contributed by atoms with E-state index in [2.05, 4.69) is 4.98 Å². The number of rotatable bonds is 5. The van der Waals surface area contributed by atoms with Crippen LogP contribution in [0.15, 0.2) is 54.7 Å². The monoisotopic (exact) mass is 324 g/mol. The third-order valence-corrected chi connectivity index (χ3v) is 3.46. The van der Waals surface area contributed by atoms with E-state index >= 15 is 0 Å². The number of nitro groups is 1. The van der Waals surface area contributed by atoms with Gasteiger partial charge in [0.25, 0.3) is 5.69 Å². The van der Waals surface area contributed by atoms with Gasteiger partial charge in [-0.05, 0) is 23.8 Å². The summed E-state index contributed by atoms with van der Waals surface area (Å²) in [4.78, 5) is 25.6. The molecule has 7 nitrogen and oxygen atoms in total. The van der Waals surface area contributed by atoms with Gasteiger partial charge in [-0.3, -0.25) is 15.1 Å². The van der Waals surface area contributed by atoms with Crippen LogP contribution in [0.25, 0.3) is 10.9 Å². The summed E-state index contributed by atoms with van der Waals surface area (Å²) in [5.74, 6) is -0.696. The van der Waals surface area contributed by atoms with E-state index in [9.17, 15) is 14.9 Å². The van der Waals surface area contributed by atoms with Crippen LogP contribution >= 0.6 is 0 Å². The van der Waals surface area contributed by atoms with Crippen molar-refractivity contribution in [3.8, 4) is 5.75 Å². The fourth-order valence-electron chi connectivity index (χ4n) is 2.26. The molecule has 0 saturated heterocycles. The van der Waals surface area contributed by atoms with Gasteiger partial charge in [0.1, 0.15) is 12.1 Å². The van der Waals surface area contributed by atoms with Gasteiger partial charge >= 0.3 is 5.97 Å². The lowest BCUT2D eigenvalue weighted by Crippen LogP contribution is -2.00. The molecule has 3 rings (SSSR count). The highest BCUT2D eigenvalue weighted by Gasteiger charge is 2.13. The Kier molecular flexibility index (Phi) is 4.07. The maximum atomic E-state index is 11.0. The Morgan fingerprint density at radius 1 is 1.21 bits per heavy atom. The highest BCUT2D eigenvalue weighted by Crippen LogP contribution is 2.30. The molecule has 120 valence electrons. The molecule has 24 heavy (non-hydrogen) atoms. The molecule has 0 aliphatic carbocycles. The Morgan fingerprint density at radius 3 is 2.62 bits per heavy atom. The Balaban J connectivity index is 1.89. The van der Waals surface area contributed by atoms with Crippen molar-refractivity contribution < 1.29 is 19.6 Å². The number of benzene rings is 2. The van der Waals surface area contributed by atoms with Crippen LogP contribution in [0.4, 0.5) is 5.69 Å². The summed E-state index contributed by atoms with van der Waals surface area (Å²) in [6, 6.07) is 12.4. The first-order chi connectivity index (χ1) is 11.5. The van der Waals surface area contributed by atoms with Crippen LogP contribution in [0.1, 0.15) is 15.9 Å². The highest BCUT2D eigenvalue weighted by molar-refractivity contribution is 5.88. The second kappa shape index (κ2) is 6.33. The lowest BCUT2D eigenvalue weighted by atomic mass is 10.1. The number of nitro benzene ring substituents is 1. The van der Waals surface area contributed by atoms with E-state index in [0.717, 1.165) is 5.56 Å². The normalized spacial score (nSPS) is 10.5. The van der Waals surface area contributed by atoms with Crippen molar-refractivity contribution in [3.05, 3.63) is 76.0 Å². The third-order valence-electron chi connectivity index (χ3n) is 3.46. The van der Waals surface area contributed by atoms with Gasteiger partial charge in [0, 0.05) is 17.6 Å². The van der Waals surface area contributed by atoms with Gasteiger partial charge in [-0.2, -0.15) is 0 Å². The number of fused-ring (bicyclic) bond motifs is 1. The minimum atomic E-state index is -1.00. The molecule has 0 fully saturated rings. The first kappa shape index (κ1) is 15.4. The van der Waals surface area contributed by atoms with Crippen molar-refractivity contribution in [2.45, 2.75) is 6.61 Å². The molecule has 1 N–H and O–H groups in total. The summed E-state index contributed by atoms with van der Waals surface area (Å²) < 4.78 is 5.68. The molecule has 0 aliphatic heterocycles. The van der Waals surface area contributed by atoms with Gasteiger partial charge in [0.15, 0.2) is 5.75 Å². The number of carbonyl (C=O) groups is 1. The van der Waals surface area contributed by atoms with Crippen molar-refractivity contribution in [1.82, 2.24) is 4.98 Å². The average Bonchev–Trinajstić information content (AvgIpc) is 2.59. The zero-order valence-corrected chi connectivity index (χ0v) is 12.4. The summed E-state index contributed by atoms with van der Waals surface area (Å²) in [6.45, 7) is 0.146. The van der Waals surface area contributed by atoms with Crippen LogP contribution in [0, 0.1) is 10.1 Å². The number of pyridine rings is 1. The van der Waals surface area contributed by atoms with Crippen LogP contribution in [-0.4, -0.2) is 21.0 Å². The summed E-state index contributed by atoms with van der Waals surface area (Å²) in [5.41, 5.74) is 1.38. The molecule has 0 atom stereocenters. The number of hydrogen-bond acceptors (Lipinski definition) is 5. The third kappa shape index (κ3) is 3.14. The SMILES string of the molecule is O=C(O)c1ccc(COc2cc([N+](=O)[O-])cc3cccnc23)cc1. The average molecular weight is 324 g/mol. The summed E-state index contributed by atoms with van der Waals surface area (Å²) in [7, 11) is 0. The van der Waals surface area contributed by atoms with Gasteiger partial charge < -0.3 is 9.84 Å². The fraction of sp³-hybridized carbons (Fsp3) is 0.0588. The van der Waals surface area contributed by atoms with E-state index in [1.165, 1.54) is 24.3 Å². The molecular formula is C17H12N2O5. The van der Waals surface area contributed by atoms with Crippen molar-refractivity contribution in [1.29, 1.82) is 0 Å². The van der Waals surface area contributed by atoms with Gasteiger partial charge in [-0.1, -0.05) is 18.2 Å². The highest BCUT2D eigenvalue weighted by atomic mass is 16.6. The molecule has 0 unspecified atom stereocenters.